The Bertz CT molecular complexity index is 883. The molecule has 130 valence electrons. The minimum absolute atomic E-state index is 0.148. The van der Waals surface area contributed by atoms with Gasteiger partial charge in [0.2, 0.25) is 0 Å². The number of halogens is 1. The zero-order valence-corrected chi connectivity index (χ0v) is 15.2. The van der Waals surface area contributed by atoms with Gasteiger partial charge in [0.1, 0.15) is 5.70 Å². The van der Waals surface area contributed by atoms with Gasteiger partial charge in [0.15, 0.2) is 0 Å². The van der Waals surface area contributed by atoms with Gasteiger partial charge in [0, 0.05) is 23.0 Å². The van der Waals surface area contributed by atoms with Crippen LogP contribution in [0.1, 0.15) is 29.4 Å². The molecule has 2 aromatic rings. The van der Waals surface area contributed by atoms with E-state index in [2.05, 4.69) is 16.8 Å². The number of benzene rings is 1. The normalized spacial score (nSPS) is 16.0. The van der Waals surface area contributed by atoms with Gasteiger partial charge in [0.05, 0.1) is 6.54 Å². The van der Waals surface area contributed by atoms with Gasteiger partial charge in [-0.15, -0.1) is 0 Å². The van der Waals surface area contributed by atoms with Crippen LogP contribution in [0.4, 0.5) is 4.79 Å². The fourth-order valence-electron chi connectivity index (χ4n) is 3.13. The maximum absolute atomic E-state index is 12.6. The van der Waals surface area contributed by atoms with Crippen LogP contribution in [0.2, 0.25) is 5.02 Å². The highest BCUT2D eigenvalue weighted by Crippen LogP contribution is 2.23. The highest BCUT2D eigenvalue weighted by atomic mass is 35.5. The Balaban J connectivity index is 1.87. The number of aromatic nitrogens is 1. The number of imide groups is 1. The predicted octanol–water partition coefficient (Wildman–Crippen LogP) is 3.87. The third-order valence-corrected chi connectivity index (χ3v) is 4.85. The number of nitrogens with zero attached hydrogens (tertiary/aromatic N) is 2. The first kappa shape index (κ1) is 17.3. The zero-order chi connectivity index (χ0) is 18.1. The smallest absolute Gasteiger partial charge is 0.329 e. The molecule has 5 nitrogen and oxygen atoms in total. The van der Waals surface area contributed by atoms with Crippen molar-refractivity contribution < 1.29 is 9.59 Å². The lowest BCUT2D eigenvalue weighted by Crippen LogP contribution is -2.30. The van der Waals surface area contributed by atoms with Crippen LogP contribution in [0.25, 0.3) is 6.08 Å². The molecule has 1 aliphatic heterocycles. The Morgan fingerprint density at radius 2 is 1.92 bits per heavy atom. The molecule has 1 fully saturated rings. The van der Waals surface area contributed by atoms with E-state index >= 15 is 0 Å². The lowest BCUT2D eigenvalue weighted by Gasteiger charge is -2.12. The Morgan fingerprint density at radius 3 is 2.56 bits per heavy atom. The summed E-state index contributed by atoms with van der Waals surface area (Å²) in [5.74, 6) is -0.341. The third-order valence-electron chi connectivity index (χ3n) is 4.48. The van der Waals surface area contributed by atoms with Crippen LogP contribution in [0.5, 0.6) is 0 Å². The topological polar surface area (TPSA) is 54.3 Å². The molecule has 0 atom stereocenters. The van der Waals surface area contributed by atoms with Crippen molar-refractivity contribution in [3.63, 3.8) is 0 Å². The molecule has 0 bridgehead atoms. The zero-order valence-electron chi connectivity index (χ0n) is 14.5. The first-order valence-corrected chi connectivity index (χ1v) is 8.54. The Labute approximate surface area is 151 Å². The fourth-order valence-corrected chi connectivity index (χ4v) is 3.32. The third kappa shape index (κ3) is 3.20. The number of hydrogen-bond acceptors (Lipinski definition) is 2. The van der Waals surface area contributed by atoms with Crippen molar-refractivity contribution in [1.29, 1.82) is 0 Å². The van der Waals surface area contributed by atoms with Crippen molar-refractivity contribution in [2.24, 2.45) is 0 Å². The second kappa shape index (κ2) is 6.76. The van der Waals surface area contributed by atoms with Gasteiger partial charge in [-0.2, -0.15) is 0 Å². The van der Waals surface area contributed by atoms with Crippen molar-refractivity contribution >= 4 is 29.6 Å². The second-order valence-corrected chi connectivity index (χ2v) is 6.45. The molecule has 1 saturated heterocycles. The molecular weight excluding hydrogens is 338 g/mol. The van der Waals surface area contributed by atoms with E-state index in [-0.39, 0.29) is 18.1 Å². The van der Waals surface area contributed by atoms with Gasteiger partial charge in [-0.3, -0.25) is 9.69 Å². The summed E-state index contributed by atoms with van der Waals surface area (Å²) in [6.07, 6.45) is 1.74. The van der Waals surface area contributed by atoms with Gasteiger partial charge in [-0.25, -0.2) is 4.79 Å². The lowest BCUT2D eigenvalue weighted by atomic mass is 10.2. The van der Waals surface area contributed by atoms with Crippen LogP contribution >= 0.6 is 11.6 Å². The van der Waals surface area contributed by atoms with Crippen molar-refractivity contribution in [3.8, 4) is 0 Å². The van der Waals surface area contributed by atoms with Crippen molar-refractivity contribution in [2.45, 2.75) is 33.9 Å². The highest BCUT2D eigenvalue weighted by molar-refractivity contribution is 6.31. The molecule has 2 heterocycles. The minimum Gasteiger partial charge on any atom is -0.349 e. The van der Waals surface area contributed by atoms with Gasteiger partial charge >= 0.3 is 6.03 Å². The Morgan fingerprint density at radius 1 is 1.20 bits per heavy atom. The lowest BCUT2D eigenvalue weighted by molar-refractivity contribution is -0.123. The first-order chi connectivity index (χ1) is 11.9. The number of hydrogen-bond donors (Lipinski definition) is 1. The largest absolute Gasteiger partial charge is 0.349 e. The maximum Gasteiger partial charge on any atom is 0.329 e. The summed E-state index contributed by atoms with van der Waals surface area (Å²) in [4.78, 5) is 26.0. The number of carbonyl (C=O) groups is 2. The van der Waals surface area contributed by atoms with E-state index in [1.165, 1.54) is 4.90 Å². The number of urea groups is 1. The SMILES string of the molecule is CCn1c(C)cc(/C=C2/NC(=O)N(Cc3ccccc3Cl)C2=O)c1C. The monoisotopic (exact) mass is 357 g/mol. The van der Waals surface area contributed by atoms with Crippen LogP contribution in [-0.4, -0.2) is 21.4 Å². The highest BCUT2D eigenvalue weighted by Gasteiger charge is 2.34. The van der Waals surface area contributed by atoms with Gasteiger partial charge in [-0.05, 0) is 50.1 Å². The summed E-state index contributed by atoms with van der Waals surface area (Å²) in [5.41, 5.74) is 4.14. The van der Waals surface area contributed by atoms with Crippen molar-refractivity contribution in [3.05, 3.63) is 63.6 Å². The quantitative estimate of drug-likeness (QED) is 0.667. The summed E-state index contributed by atoms with van der Waals surface area (Å²) in [6.45, 7) is 7.11. The number of amides is 3. The molecule has 1 aromatic carbocycles. The summed E-state index contributed by atoms with van der Waals surface area (Å²) < 4.78 is 2.16. The average Bonchev–Trinajstić information content (AvgIpc) is 2.99. The Hall–Kier alpha value is -2.53. The molecule has 3 rings (SSSR count). The number of aryl methyl sites for hydroxylation is 1. The molecule has 6 heteroatoms. The molecule has 0 saturated carbocycles. The molecular formula is C19H20ClN3O2. The Kier molecular flexibility index (Phi) is 4.68. The molecule has 3 amide bonds. The van der Waals surface area contributed by atoms with Crippen LogP contribution in [0.3, 0.4) is 0 Å². The van der Waals surface area contributed by atoms with E-state index in [1.807, 2.05) is 32.0 Å². The summed E-state index contributed by atoms with van der Waals surface area (Å²) >= 11 is 6.13. The molecule has 0 unspecified atom stereocenters. The summed E-state index contributed by atoms with van der Waals surface area (Å²) in [7, 11) is 0. The standard InChI is InChI=1S/C19H20ClN3O2/c1-4-22-12(2)9-15(13(22)3)10-17-18(24)23(19(25)21-17)11-14-7-5-6-8-16(14)20/h5-10H,4,11H2,1-3H3,(H,21,25)/b17-10+. The van der Waals surface area contributed by atoms with Gasteiger partial charge in [-0.1, -0.05) is 29.8 Å². The number of rotatable bonds is 4. The maximum atomic E-state index is 12.6. The summed E-state index contributed by atoms with van der Waals surface area (Å²) in [5, 5.41) is 3.20. The van der Waals surface area contributed by atoms with E-state index in [0.717, 1.165) is 29.1 Å². The van der Waals surface area contributed by atoms with E-state index in [4.69, 9.17) is 11.6 Å². The van der Waals surface area contributed by atoms with E-state index in [9.17, 15) is 9.59 Å². The molecule has 0 radical (unpaired) electrons. The van der Waals surface area contributed by atoms with Crippen LogP contribution in [0.15, 0.2) is 36.0 Å². The van der Waals surface area contributed by atoms with Crippen LogP contribution < -0.4 is 5.32 Å². The fraction of sp³-hybridized carbons (Fsp3) is 0.263. The minimum atomic E-state index is -0.430. The predicted molar refractivity (Wildman–Crippen MR) is 98.1 cm³/mol. The van der Waals surface area contributed by atoms with Crippen LogP contribution in [0, 0.1) is 13.8 Å². The van der Waals surface area contributed by atoms with E-state index in [0.29, 0.717) is 5.02 Å². The van der Waals surface area contributed by atoms with E-state index < -0.39 is 6.03 Å². The molecule has 1 N–H and O–H groups in total. The number of nitrogens with one attached hydrogen (secondary N) is 1. The van der Waals surface area contributed by atoms with Crippen molar-refractivity contribution in [2.75, 3.05) is 0 Å². The van der Waals surface area contributed by atoms with E-state index in [1.54, 1.807) is 18.2 Å². The molecule has 0 spiro atoms. The average molecular weight is 358 g/mol. The van der Waals surface area contributed by atoms with Gasteiger partial charge in [0.25, 0.3) is 5.91 Å². The second-order valence-electron chi connectivity index (χ2n) is 6.04. The molecule has 1 aliphatic rings. The molecule has 25 heavy (non-hydrogen) atoms. The van der Waals surface area contributed by atoms with Crippen molar-refractivity contribution in [1.82, 2.24) is 14.8 Å². The molecule has 1 aromatic heterocycles. The number of carbonyl (C=O) groups excluding carboxylic acids is 2. The molecule has 0 aliphatic carbocycles. The van der Waals surface area contributed by atoms with Crippen LogP contribution in [-0.2, 0) is 17.9 Å². The summed E-state index contributed by atoms with van der Waals surface area (Å²) in [6, 6.07) is 8.77. The first-order valence-electron chi connectivity index (χ1n) is 8.17. The van der Waals surface area contributed by atoms with Gasteiger partial charge < -0.3 is 9.88 Å².